The van der Waals surface area contributed by atoms with Crippen LogP contribution >= 0.6 is 0 Å². The molecule has 0 aliphatic rings. The Morgan fingerprint density at radius 1 is 0.714 bits per heavy atom. The molecule has 1 aromatic carbocycles. The summed E-state index contributed by atoms with van der Waals surface area (Å²) in [5, 5.41) is 41.5. The van der Waals surface area contributed by atoms with Crippen molar-refractivity contribution in [3.05, 3.63) is 48.0 Å². The van der Waals surface area contributed by atoms with Gasteiger partial charge in [0.2, 0.25) is 29.5 Å². The molecule has 56 heavy (non-hydrogen) atoms. The minimum Gasteiger partial charge on any atom is -0.508 e. The molecule has 1 aromatic heterocycles. The highest BCUT2D eigenvalue weighted by Crippen LogP contribution is 2.14. The Morgan fingerprint density at radius 2 is 1.25 bits per heavy atom. The highest BCUT2D eigenvalue weighted by Gasteiger charge is 2.34. The number of aromatic hydroxyl groups is 1. The summed E-state index contributed by atoms with van der Waals surface area (Å²) in [6.07, 6.45) is 2.94. The maximum absolute atomic E-state index is 14.0. The van der Waals surface area contributed by atoms with Crippen molar-refractivity contribution in [1.29, 1.82) is 0 Å². The number of amides is 5. The highest BCUT2D eigenvalue weighted by molar-refractivity contribution is 5.96. The molecule has 0 aliphatic heterocycles. The molecule has 2 aromatic rings. The number of benzene rings is 1. The van der Waals surface area contributed by atoms with Crippen molar-refractivity contribution in [3.8, 4) is 5.75 Å². The number of phenols is 1. The number of phenolic OH excluding ortho intramolecular Hbond substituents is 1. The van der Waals surface area contributed by atoms with Gasteiger partial charge in [-0.1, -0.05) is 39.8 Å². The largest absolute Gasteiger partial charge is 0.508 e. The lowest BCUT2D eigenvalue weighted by Crippen LogP contribution is -2.60. The molecule has 19 nitrogen and oxygen atoms in total. The third-order valence-electron chi connectivity index (χ3n) is 8.82. The second kappa shape index (κ2) is 23.4. The fraction of sp³-hybridized carbons (Fsp3) is 0.568. The fourth-order valence-corrected chi connectivity index (χ4v) is 5.55. The molecular formula is C37H57N9O10. The number of aromatic nitrogens is 2. The van der Waals surface area contributed by atoms with Crippen LogP contribution in [0.1, 0.15) is 77.5 Å². The lowest BCUT2D eigenvalue weighted by molar-refractivity contribution is -0.143. The molecule has 19 heteroatoms. The number of hydrogen-bond acceptors (Lipinski definition) is 11. The maximum atomic E-state index is 14.0. The van der Waals surface area contributed by atoms with E-state index in [4.69, 9.17) is 16.6 Å². The summed E-state index contributed by atoms with van der Waals surface area (Å²) in [6, 6.07) is -1.77. The summed E-state index contributed by atoms with van der Waals surface area (Å²) in [5.41, 5.74) is 12.6. The zero-order valence-corrected chi connectivity index (χ0v) is 32.2. The Morgan fingerprint density at radius 3 is 1.77 bits per heavy atom. The molecule has 0 fully saturated rings. The number of nitrogens with zero attached hydrogens (tertiary/aromatic N) is 1. The number of carbonyl (C=O) groups is 7. The van der Waals surface area contributed by atoms with Crippen LogP contribution in [0.25, 0.3) is 0 Å². The predicted molar refractivity (Wildman–Crippen MR) is 203 cm³/mol. The number of rotatable bonds is 25. The van der Waals surface area contributed by atoms with Crippen LogP contribution in [-0.2, 0) is 46.4 Å². The van der Waals surface area contributed by atoms with Gasteiger partial charge in [-0.3, -0.25) is 28.8 Å². The van der Waals surface area contributed by atoms with Gasteiger partial charge in [0, 0.05) is 31.2 Å². The minimum atomic E-state index is -1.59. The first kappa shape index (κ1) is 46.6. The van der Waals surface area contributed by atoms with Gasteiger partial charge in [0.1, 0.15) is 36.0 Å². The lowest BCUT2D eigenvalue weighted by atomic mass is 10.00. The predicted octanol–water partition coefficient (Wildman–Crippen LogP) is -0.568. The van der Waals surface area contributed by atoms with Crippen molar-refractivity contribution in [2.45, 2.75) is 115 Å². The number of hydrogen-bond donors (Lipinski definition) is 11. The molecule has 0 spiro atoms. The number of nitrogens with one attached hydrogen (secondary N) is 6. The molecule has 0 saturated carbocycles. The molecule has 0 bridgehead atoms. The van der Waals surface area contributed by atoms with Crippen molar-refractivity contribution in [3.63, 3.8) is 0 Å². The highest BCUT2D eigenvalue weighted by atomic mass is 16.4. The van der Waals surface area contributed by atoms with Gasteiger partial charge in [-0.2, -0.15) is 0 Å². The van der Waals surface area contributed by atoms with Gasteiger partial charge in [-0.05, 0) is 68.2 Å². The molecule has 0 saturated heterocycles. The molecule has 1 heterocycles. The number of aliphatic carboxylic acids is 2. The molecule has 0 unspecified atom stereocenters. The van der Waals surface area contributed by atoms with Crippen molar-refractivity contribution >= 4 is 41.5 Å². The van der Waals surface area contributed by atoms with Gasteiger partial charge in [-0.15, -0.1) is 0 Å². The number of H-pyrrole nitrogens is 1. The quantitative estimate of drug-likeness (QED) is 0.0563. The number of carboxylic acids is 2. The normalized spacial score (nSPS) is 14.4. The number of carboxylic acid groups (broad SMARTS) is 2. The Bertz CT molecular complexity index is 1600. The van der Waals surface area contributed by atoms with Crippen LogP contribution in [0.5, 0.6) is 5.75 Å². The summed E-state index contributed by atoms with van der Waals surface area (Å²) >= 11 is 0. The van der Waals surface area contributed by atoms with Crippen LogP contribution in [0.15, 0.2) is 36.8 Å². The number of nitrogens with two attached hydrogens (primary N) is 2. The molecule has 310 valence electrons. The summed E-state index contributed by atoms with van der Waals surface area (Å²) in [4.78, 5) is 97.9. The van der Waals surface area contributed by atoms with E-state index >= 15 is 0 Å². The van der Waals surface area contributed by atoms with E-state index in [-0.39, 0.29) is 43.3 Å². The van der Waals surface area contributed by atoms with Crippen LogP contribution in [-0.4, -0.2) is 110 Å². The second-order valence-electron chi connectivity index (χ2n) is 14.4. The van der Waals surface area contributed by atoms with Crippen LogP contribution in [0, 0.1) is 11.8 Å². The SMILES string of the molecule is CC(C)C[C@H](NC(=O)[C@H](CCCCN)NC(=O)[C@@H](N)C(C)C)C(=O)N[C@@H](Cc1cnc[nH]1)C(=O)N[C@@H](Cc1ccc(O)cc1)C(=O)N[C@@H](CCC(=O)O)C(=O)O. The first-order valence-corrected chi connectivity index (χ1v) is 18.6. The van der Waals surface area contributed by atoms with Gasteiger partial charge in [-0.25, -0.2) is 9.78 Å². The van der Waals surface area contributed by atoms with Crippen molar-refractivity contribution in [2.24, 2.45) is 23.3 Å². The Kier molecular flexibility index (Phi) is 19.5. The summed E-state index contributed by atoms with van der Waals surface area (Å²) in [6.45, 7) is 7.56. The van der Waals surface area contributed by atoms with E-state index in [0.29, 0.717) is 30.6 Å². The van der Waals surface area contributed by atoms with E-state index in [0.717, 1.165) is 0 Å². The Balaban J connectivity index is 2.41. The van der Waals surface area contributed by atoms with E-state index in [1.54, 1.807) is 13.8 Å². The van der Waals surface area contributed by atoms with E-state index in [9.17, 15) is 43.8 Å². The average molecular weight is 788 g/mol. The summed E-state index contributed by atoms with van der Waals surface area (Å²) < 4.78 is 0. The van der Waals surface area contributed by atoms with Crippen LogP contribution in [0.3, 0.4) is 0 Å². The third-order valence-corrected chi connectivity index (χ3v) is 8.82. The molecule has 0 aliphatic carbocycles. The van der Waals surface area contributed by atoms with Gasteiger partial charge in [0.25, 0.3) is 0 Å². The fourth-order valence-electron chi connectivity index (χ4n) is 5.55. The molecule has 0 radical (unpaired) electrons. The minimum absolute atomic E-state index is 0.0628. The standard InChI is InChI=1S/C37H57N9O10/c1-20(2)15-27(44-32(50)25(7-5-6-14-38)42-36(54)31(39)21(3)4)33(51)46-29(17-23-18-40-19-41-23)35(53)45-28(16-22-8-10-24(47)11-9-22)34(52)43-26(37(55)56)12-13-30(48)49/h8-11,18-21,25-29,31,47H,5-7,12-17,38-39H2,1-4H3,(H,40,41)(H,42,54)(H,43,52)(H,44,50)(H,45,53)(H,46,51)(H,48,49)(H,55,56)/t25-,26-,27-,28-,29-,31-/m0/s1. The van der Waals surface area contributed by atoms with E-state index < -0.39 is 90.6 Å². The Labute approximate surface area is 325 Å². The number of imidazole rings is 1. The topological polar surface area (TPSA) is 321 Å². The van der Waals surface area contributed by atoms with E-state index in [2.05, 4.69) is 36.6 Å². The second-order valence-corrected chi connectivity index (χ2v) is 14.4. The van der Waals surface area contributed by atoms with Crippen molar-refractivity contribution in [1.82, 2.24) is 36.6 Å². The summed E-state index contributed by atoms with van der Waals surface area (Å²) in [5.74, 6) is -6.85. The first-order chi connectivity index (χ1) is 26.4. The molecule has 6 atom stereocenters. The third kappa shape index (κ3) is 16.4. The van der Waals surface area contributed by atoms with Gasteiger partial charge in [0.15, 0.2) is 0 Å². The van der Waals surface area contributed by atoms with Crippen LogP contribution < -0.4 is 38.1 Å². The number of unbranched alkanes of at least 4 members (excludes halogenated alkanes) is 1. The van der Waals surface area contributed by atoms with Crippen molar-refractivity contribution < 1.29 is 48.9 Å². The van der Waals surface area contributed by atoms with Gasteiger partial charge >= 0.3 is 11.9 Å². The smallest absolute Gasteiger partial charge is 0.326 e. The Hall–Kier alpha value is -5.56. The van der Waals surface area contributed by atoms with E-state index in [1.165, 1.54) is 36.8 Å². The molecule has 5 amide bonds. The average Bonchev–Trinajstić information content (AvgIpc) is 3.65. The van der Waals surface area contributed by atoms with E-state index in [1.807, 2.05) is 13.8 Å². The monoisotopic (exact) mass is 787 g/mol. The van der Waals surface area contributed by atoms with Gasteiger partial charge in [0.05, 0.1) is 12.4 Å². The lowest BCUT2D eigenvalue weighted by Gasteiger charge is -2.28. The van der Waals surface area contributed by atoms with Gasteiger partial charge < -0.3 is 58.4 Å². The van der Waals surface area contributed by atoms with Crippen molar-refractivity contribution in [2.75, 3.05) is 6.54 Å². The van der Waals surface area contributed by atoms with Crippen LogP contribution in [0.4, 0.5) is 0 Å². The summed E-state index contributed by atoms with van der Waals surface area (Å²) in [7, 11) is 0. The van der Waals surface area contributed by atoms with Crippen LogP contribution in [0.2, 0.25) is 0 Å². The zero-order chi connectivity index (χ0) is 41.9. The number of aromatic amines is 1. The molecule has 2 rings (SSSR count). The molecular weight excluding hydrogens is 730 g/mol. The number of carbonyl (C=O) groups excluding carboxylic acids is 5. The first-order valence-electron chi connectivity index (χ1n) is 18.6. The maximum Gasteiger partial charge on any atom is 0.326 e. The zero-order valence-electron chi connectivity index (χ0n) is 32.2. The molecule has 13 N–H and O–H groups in total.